The smallest absolute Gasteiger partial charge is 0.254 e. The summed E-state index contributed by atoms with van der Waals surface area (Å²) in [6.07, 6.45) is 1.06. The van der Waals surface area contributed by atoms with Crippen LogP contribution >= 0.6 is 0 Å². The summed E-state index contributed by atoms with van der Waals surface area (Å²) >= 11 is 0. The van der Waals surface area contributed by atoms with Crippen molar-refractivity contribution in [2.24, 2.45) is 0 Å². The number of hydrogen-bond acceptors (Lipinski definition) is 3. The number of aryl methyl sites for hydroxylation is 2. The molecule has 2 rings (SSSR count). The highest BCUT2D eigenvalue weighted by Crippen LogP contribution is 2.16. The summed E-state index contributed by atoms with van der Waals surface area (Å²) in [7, 11) is 4.00. The van der Waals surface area contributed by atoms with Crippen LogP contribution in [0.1, 0.15) is 28.2 Å². The molecule has 2 heterocycles. The lowest BCUT2D eigenvalue weighted by atomic mass is 10.1. The molecule has 1 saturated heterocycles. The Morgan fingerprint density at radius 1 is 1.39 bits per heavy atom. The molecule has 1 atom stereocenters. The van der Waals surface area contributed by atoms with Gasteiger partial charge in [-0.15, -0.1) is 0 Å². The van der Waals surface area contributed by atoms with E-state index in [4.69, 9.17) is 0 Å². The summed E-state index contributed by atoms with van der Waals surface area (Å²) in [5.41, 5.74) is 2.54. The maximum atomic E-state index is 12.4. The number of likely N-dealkylation sites (tertiary alicyclic amines) is 1. The molecule has 0 N–H and O–H groups in total. The van der Waals surface area contributed by atoms with Crippen LogP contribution in [0.15, 0.2) is 12.1 Å². The topological polar surface area (TPSA) is 36.4 Å². The SMILES string of the molecule is Cc1cc(C(=O)N(C)[C@@H]2CCN(C)C2)cc(C)n1. The van der Waals surface area contributed by atoms with Gasteiger partial charge in [0.15, 0.2) is 0 Å². The molecule has 1 fully saturated rings. The van der Waals surface area contributed by atoms with Gasteiger partial charge in [-0.3, -0.25) is 9.78 Å². The van der Waals surface area contributed by atoms with E-state index in [0.29, 0.717) is 6.04 Å². The largest absolute Gasteiger partial charge is 0.337 e. The van der Waals surface area contributed by atoms with Gasteiger partial charge in [-0.25, -0.2) is 0 Å². The lowest BCUT2D eigenvalue weighted by molar-refractivity contribution is 0.0737. The van der Waals surface area contributed by atoms with Crippen molar-refractivity contribution in [1.82, 2.24) is 14.8 Å². The third-order valence-corrected chi connectivity index (χ3v) is 3.56. The molecule has 4 heteroatoms. The number of likely N-dealkylation sites (N-methyl/N-ethyl adjacent to an activating group) is 2. The molecular formula is C14H21N3O. The van der Waals surface area contributed by atoms with Gasteiger partial charge >= 0.3 is 0 Å². The van der Waals surface area contributed by atoms with Gasteiger partial charge in [0.2, 0.25) is 0 Å². The lowest BCUT2D eigenvalue weighted by Gasteiger charge is -2.24. The second-order valence-electron chi connectivity index (χ2n) is 5.26. The fraction of sp³-hybridized carbons (Fsp3) is 0.571. The molecule has 0 aliphatic carbocycles. The van der Waals surface area contributed by atoms with E-state index in [9.17, 15) is 4.79 Å². The Morgan fingerprint density at radius 3 is 2.50 bits per heavy atom. The predicted molar refractivity (Wildman–Crippen MR) is 71.7 cm³/mol. The third-order valence-electron chi connectivity index (χ3n) is 3.56. The highest BCUT2D eigenvalue weighted by atomic mass is 16.2. The summed E-state index contributed by atoms with van der Waals surface area (Å²) in [6, 6.07) is 4.06. The van der Waals surface area contributed by atoms with Crippen LogP contribution in [-0.2, 0) is 0 Å². The highest BCUT2D eigenvalue weighted by Gasteiger charge is 2.27. The molecule has 1 amide bonds. The first-order valence-electron chi connectivity index (χ1n) is 6.38. The Kier molecular flexibility index (Phi) is 3.66. The first-order valence-corrected chi connectivity index (χ1v) is 6.38. The zero-order chi connectivity index (χ0) is 13.3. The van der Waals surface area contributed by atoms with Gasteiger partial charge in [0.05, 0.1) is 0 Å². The fourth-order valence-corrected chi connectivity index (χ4v) is 2.56. The third kappa shape index (κ3) is 2.70. The van der Waals surface area contributed by atoms with Gasteiger partial charge in [0.25, 0.3) is 5.91 Å². The molecule has 1 aliphatic heterocycles. The van der Waals surface area contributed by atoms with Crippen LogP contribution in [0.3, 0.4) is 0 Å². The van der Waals surface area contributed by atoms with E-state index in [-0.39, 0.29) is 5.91 Å². The lowest BCUT2D eigenvalue weighted by Crippen LogP contribution is -2.38. The van der Waals surface area contributed by atoms with Crippen molar-refractivity contribution in [3.8, 4) is 0 Å². The van der Waals surface area contributed by atoms with Crippen LogP contribution in [0, 0.1) is 13.8 Å². The van der Waals surface area contributed by atoms with E-state index in [1.165, 1.54) is 0 Å². The number of carbonyl (C=O) groups is 1. The number of pyridine rings is 1. The van der Waals surface area contributed by atoms with Crippen LogP contribution in [0.25, 0.3) is 0 Å². The van der Waals surface area contributed by atoms with E-state index in [1.807, 2.05) is 37.9 Å². The van der Waals surface area contributed by atoms with Crippen LogP contribution in [-0.4, -0.2) is 53.9 Å². The molecule has 98 valence electrons. The standard InChI is InChI=1S/C14H21N3O/c1-10-7-12(8-11(2)15-10)14(18)17(4)13-5-6-16(3)9-13/h7-8,13H,5-6,9H2,1-4H3/t13-/m1/s1. The zero-order valence-electron chi connectivity index (χ0n) is 11.6. The van der Waals surface area contributed by atoms with Gasteiger partial charge in [0.1, 0.15) is 0 Å². The van der Waals surface area contributed by atoms with Gasteiger partial charge in [-0.1, -0.05) is 0 Å². The number of hydrogen-bond donors (Lipinski definition) is 0. The Bertz CT molecular complexity index is 438. The Labute approximate surface area is 109 Å². The minimum atomic E-state index is 0.101. The van der Waals surface area contributed by atoms with E-state index in [2.05, 4.69) is 16.9 Å². The minimum absolute atomic E-state index is 0.101. The van der Waals surface area contributed by atoms with Crippen molar-refractivity contribution in [2.45, 2.75) is 26.3 Å². The van der Waals surface area contributed by atoms with Gasteiger partial charge in [-0.2, -0.15) is 0 Å². The molecule has 0 bridgehead atoms. The fourth-order valence-electron chi connectivity index (χ4n) is 2.56. The molecule has 0 spiro atoms. The number of rotatable bonds is 2. The van der Waals surface area contributed by atoms with Crippen LogP contribution in [0.5, 0.6) is 0 Å². The number of aromatic nitrogens is 1. The van der Waals surface area contributed by atoms with E-state index < -0.39 is 0 Å². The van der Waals surface area contributed by atoms with Crippen molar-refractivity contribution >= 4 is 5.91 Å². The van der Waals surface area contributed by atoms with Crippen molar-refractivity contribution < 1.29 is 4.79 Å². The van der Waals surface area contributed by atoms with Crippen molar-refractivity contribution in [1.29, 1.82) is 0 Å². The van der Waals surface area contributed by atoms with Gasteiger partial charge in [-0.05, 0) is 46.0 Å². The molecular weight excluding hydrogens is 226 g/mol. The highest BCUT2D eigenvalue weighted by molar-refractivity contribution is 5.94. The van der Waals surface area contributed by atoms with Crippen LogP contribution in [0.4, 0.5) is 0 Å². The number of amides is 1. The van der Waals surface area contributed by atoms with Crippen LogP contribution < -0.4 is 0 Å². The monoisotopic (exact) mass is 247 g/mol. The van der Waals surface area contributed by atoms with E-state index in [1.54, 1.807) is 0 Å². The molecule has 18 heavy (non-hydrogen) atoms. The maximum Gasteiger partial charge on any atom is 0.254 e. The summed E-state index contributed by atoms with van der Waals surface area (Å²) in [6.45, 7) is 5.88. The Morgan fingerprint density at radius 2 is 2.00 bits per heavy atom. The van der Waals surface area contributed by atoms with Crippen molar-refractivity contribution in [3.05, 3.63) is 29.1 Å². The average Bonchev–Trinajstić information content (AvgIpc) is 2.72. The zero-order valence-corrected chi connectivity index (χ0v) is 11.6. The number of carbonyl (C=O) groups excluding carboxylic acids is 1. The van der Waals surface area contributed by atoms with Gasteiger partial charge in [0, 0.05) is 36.6 Å². The first-order chi connectivity index (χ1) is 8.47. The molecule has 4 nitrogen and oxygen atoms in total. The first kappa shape index (κ1) is 13.0. The molecule has 0 unspecified atom stereocenters. The van der Waals surface area contributed by atoms with E-state index in [0.717, 1.165) is 36.5 Å². The molecule has 1 aliphatic rings. The molecule has 0 aromatic carbocycles. The molecule has 1 aromatic rings. The normalized spacial score (nSPS) is 20.1. The van der Waals surface area contributed by atoms with Crippen LogP contribution in [0.2, 0.25) is 0 Å². The maximum absolute atomic E-state index is 12.4. The Hall–Kier alpha value is -1.42. The summed E-state index contributed by atoms with van der Waals surface area (Å²) in [5, 5.41) is 0. The summed E-state index contributed by atoms with van der Waals surface area (Å²) in [5.74, 6) is 0.101. The van der Waals surface area contributed by atoms with Crippen molar-refractivity contribution in [2.75, 3.05) is 27.2 Å². The molecule has 1 aromatic heterocycles. The molecule has 0 radical (unpaired) electrons. The van der Waals surface area contributed by atoms with Gasteiger partial charge < -0.3 is 9.80 Å². The van der Waals surface area contributed by atoms with Crippen molar-refractivity contribution in [3.63, 3.8) is 0 Å². The molecule has 0 saturated carbocycles. The predicted octanol–water partition coefficient (Wildman–Crippen LogP) is 1.47. The van der Waals surface area contributed by atoms with E-state index >= 15 is 0 Å². The summed E-state index contributed by atoms with van der Waals surface area (Å²) in [4.78, 5) is 20.9. The Balaban J connectivity index is 2.15. The second-order valence-corrected chi connectivity index (χ2v) is 5.26. The number of nitrogens with zero attached hydrogens (tertiary/aromatic N) is 3. The average molecular weight is 247 g/mol. The minimum Gasteiger partial charge on any atom is -0.337 e. The second kappa shape index (κ2) is 5.06. The summed E-state index contributed by atoms with van der Waals surface area (Å²) < 4.78 is 0. The quantitative estimate of drug-likeness (QED) is 0.794.